The van der Waals surface area contributed by atoms with Crippen molar-refractivity contribution in [2.75, 3.05) is 33.3 Å². The summed E-state index contributed by atoms with van der Waals surface area (Å²) in [6, 6.07) is -0.648. The monoisotopic (exact) mass is 244 g/mol. The number of rotatable bonds is 6. The zero-order valence-electron chi connectivity index (χ0n) is 10.1. The summed E-state index contributed by atoms with van der Waals surface area (Å²) in [6.45, 7) is 1.67. The van der Waals surface area contributed by atoms with E-state index in [-0.39, 0.29) is 12.5 Å². The Morgan fingerprint density at radius 3 is 2.71 bits per heavy atom. The molecule has 1 aliphatic rings. The van der Waals surface area contributed by atoms with Crippen LogP contribution in [0.3, 0.4) is 0 Å². The number of carbonyl (C=O) groups excluding carboxylic acids is 1. The van der Waals surface area contributed by atoms with Gasteiger partial charge in [-0.15, -0.1) is 0 Å². The van der Waals surface area contributed by atoms with E-state index in [4.69, 9.17) is 10.2 Å². The first-order valence-corrected chi connectivity index (χ1v) is 5.88. The summed E-state index contributed by atoms with van der Waals surface area (Å²) in [5, 5.41) is 17.7. The van der Waals surface area contributed by atoms with Crippen molar-refractivity contribution >= 4 is 11.9 Å². The summed E-state index contributed by atoms with van der Waals surface area (Å²) in [6.07, 6.45) is 1.61. The molecule has 1 heterocycles. The number of nitrogens with zero attached hydrogens (tertiary/aromatic N) is 2. The molecule has 2 N–H and O–H groups in total. The van der Waals surface area contributed by atoms with E-state index in [1.54, 1.807) is 0 Å². The second-order valence-corrected chi connectivity index (χ2v) is 4.36. The maximum atomic E-state index is 11.8. The van der Waals surface area contributed by atoms with Crippen LogP contribution in [0.2, 0.25) is 0 Å². The van der Waals surface area contributed by atoms with Crippen LogP contribution in [0.1, 0.15) is 19.3 Å². The van der Waals surface area contributed by atoms with Crippen molar-refractivity contribution in [2.45, 2.75) is 25.3 Å². The van der Waals surface area contributed by atoms with Gasteiger partial charge in [0.25, 0.3) is 0 Å². The Balaban J connectivity index is 2.39. The number of aliphatic carboxylic acids is 1. The van der Waals surface area contributed by atoms with E-state index >= 15 is 0 Å². The molecular formula is C11H20N2O4. The lowest BCUT2D eigenvalue weighted by molar-refractivity contribution is -0.148. The maximum Gasteiger partial charge on any atom is 0.326 e. The molecule has 0 aromatic heterocycles. The number of hydrogen-bond donors (Lipinski definition) is 2. The van der Waals surface area contributed by atoms with Gasteiger partial charge in [0, 0.05) is 26.1 Å². The van der Waals surface area contributed by atoms with E-state index in [2.05, 4.69) is 0 Å². The number of hydrogen-bond acceptors (Lipinski definition) is 4. The van der Waals surface area contributed by atoms with Crippen LogP contribution in [-0.4, -0.2) is 71.2 Å². The van der Waals surface area contributed by atoms with Crippen LogP contribution < -0.4 is 0 Å². The zero-order chi connectivity index (χ0) is 12.8. The SMILES string of the molecule is CN(CCO)CCC(=O)N1CCCC1C(=O)O. The molecule has 1 rings (SSSR count). The molecule has 1 fully saturated rings. The minimum Gasteiger partial charge on any atom is -0.480 e. The van der Waals surface area contributed by atoms with Crippen LogP contribution >= 0.6 is 0 Å². The van der Waals surface area contributed by atoms with Crippen molar-refractivity contribution in [2.24, 2.45) is 0 Å². The number of likely N-dealkylation sites (tertiary alicyclic amines) is 1. The second kappa shape index (κ2) is 6.56. The zero-order valence-corrected chi connectivity index (χ0v) is 10.1. The van der Waals surface area contributed by atoms with Gasteiger partial charge < -0.3 is 20.0 Å². The van der Waals surface area contributed by atoms with Crippen molar-refractivity contribution in [3.63, 3.8) is 0 Å². The van der Waals surface area contributed by atoms with Crippen molar-refractivity contribution < 1.29 is 19.8 Å². The van der Waals surface area contributed by atoms with Crippen LogP contribution in [0.15, 0.2) is 0 Å². The fraction of sp³-hybridized carbons (Fsp3) is 0.818. The number of aliphatic hydroxyl groups excluding tert-OH is 1. The van der Waals surface area contributed by atoms with Crippen LogP contribution in [0, 0.1) is 0 Å². The summed E-state index contributed by atoms with van der Waals surface area (Å²) < 4.78 is 0. The Labute approximate surface area is 101 Å². The van der Waals surface area contributed by atoms with E-state index in [1.165, 1.54) is 4.90 Å². The van der Waals surface area contributed by atoms with Gasteiger partial charge in [-0.2, -0.15) is 0 Å². The molecule has 0 bridgehead atoms. The number of carboxylic acids is 1. The van der Waals surface area contributed by atoms with E-state index in [9.17, 15) is 9.59 Å². The number of amides is 1. The van der Waals surface area contributed by atoms with E-state index in [1.807, 2.05) is 11.9 Å². The van der Waals surface area contributed by atoms with Gasteiger partial charge in [-0.25, -0.2) is 4.79 Å². The largest absolute Gasteiger partial charge is 0.480 e. The molecule has 1 atom stereocenters. The predicted molar refractivity (Wildman–Crippen MR) is 61.6 cm³/mol. The molecule has 6 nitrogen and oxygen atoms in total. The highest BCUT2D eigenvalue weighted by Gasteiger charge is 2.33. The summed E-state index contributed by atoms with van der Waals surface area (Å²) >= 11 is 0. The van der Waals surface area contributed by atoms with Crippen LogP contribution in [-0.2, 0) is 9.59 Å². The third kappa shape index (κ3) is 3.98. The van der Waals surface area contributed by atoms with E-state index < -0.39 is 12.0 Å². The number of carboxylic acid groups (broad SMARTS) is 1. The van der Waals surface area contributed by atoms with Gasteiger partial charge in [0.2, 0.25) is 5.91 Å². The maximum absolute atomic E-state index is 11.8. The Bertz CT molecular complexity index is 283. The van der Waals surface area contributed by atoms with Gasteiger partial charge in [0.05, 0.1) is 6.61 Å². The highest BCUT2D eigenvalue weighted by Crippen LogP contribution is 2.18. The predicted octanol–water partition coefficient (Wildman–Crippen LogP) is -0.624. The minimum absolute atomic E-state index is 0.0617. The average molecular weight is 244 g/mol. The first-order valence-electron chi connectivity index (χ1n) is 5.88. The lowest BCUT2D eigenvalue weighted by Gasteiger charge is -2.23. The number of likely N-dealkylation sites (N-methyl/N-ethyl adjacent to an activating group) is 1. The van der Waals surface area contributed by atoms with Gasteiger partial charge in [-0.1, -0.05) is 0 Å². The molecule has 1 amide bonds. The van der Waals surface area contributed by atoms with Gasteiger partial charge in [0.1, 0.15) is 6.04 Å². The fourth-order valence-electron chi connectivity index (χ4n) is 2.03. The molecule has 0 saturated carbocycles. The van der Waals surface area contributed by atoms with Gasteiger partial charge >= 0.3 is 5.97 Å². The second-order valence-electron chi connectivity index (χ2n) is 4.36. The van der Waals surface area contributed by atoms with Crippen molar-refractivity contribution in [3.05, 3.63) is 0 Å². The van der Waals surface area contributed by atoms with Gasteiger partial charge in [-0.3, -0.25) is 4.79 Å². The lowest BCUT2D eigenvalue weighted by atomic mass is 10.2. The van der Waals surface area contributed by atoms with Gasteiger partial charge in [-0.05, 0) is 19.9 Å². The van der Waals surface area contributed by atoms with Crippen LogP contribution in [0.4, 0.5) is 0 Å². The number of aliphatic hydroxyl groups is 1. The topological polar surface area (TPSA) is 81.1 Å². The fourth-order valence-corrected chi connectivity index (χ4v) is 2.03. The standard InChI is InChI=1S/C11H20N2O4/c1-12(7-8-14)6-4-10(15)13-5-2-3-9(13)11(16)17/h9,14H,2-8H2,1H3,(H,16,17). The molecular weight excluding hydrogens is 224 g/mol. The van der Waals surface area contributed by atoms with Crippen molar-refractivity contribution in [1.29, 1.82) is 0 Å². The van der Waals surface area contributed by atoms with Crippen LogP contribution in [0.5, 0.6) is 0 Å². The quantitative estimate of drug-likeness (QED) is 0.650. The summed E-state index contributed by atoms with van der Waals surface area (Å²) in [5.74, 6) is -1.03. The Kier molecular flexibility index (Phi) is 5.37. The molecule has 0 aromatic carbocycles. The van der Waals surface area contributed by atoms with Crippen molar-refractivity contribution in [1.82, 2.24) is 9.80 Å². The molecule has 6 heteroatoms. The Hall–Kier alpha value is -1.14. The normalized spacial score (nSPS) is 19.9. The molecule has 0 aromatic rings. The van der Waals surface area contributed by atoms with Gasteiger partial charge in [0.15, 0.2) is 0 Å². The highest BCUT2D eigenvalue weighted by molar-refractivity contribution is 5.84. The molecule has 1 aliphatic heterocycles. The third-order valence-electron chi connectivity index (χ3n) is 3.05. The van der Waals surface area contributed by atoms with Crippen molar-refractivity contribution in [3.8, 4) is 0 Å². The van der Waals surface area contributed by atoms with E-state index in [0.717, 1.165) is 6.42 Å². The molecule has 1 unspecified atom stereocenters. The minimum atomic E-state index is -0.917. The average Bonchev–Trinajstić information content (AvgIpc) is 2.75. The first kappa shape index (κ1) is 13.9. The Morgan fingerprint density at radius 2 is 2.12 bits per heavy atom. The molecule has 0 radical (unpaired) electrons. The summed E-state index contributed by atoms with van der Waals surface area (Å²) in [4.78, 5) is 26.1. The molecule has 17 heavy (non-hydrogen) atoms. The molecule has 1 saturated heterocycles. The third-order valence-corrected chi connectivity index (χ3v) is 3.05. The molecule has 0 aliphatic carbocycles. The Morgan fingerprint density at radius 1 is 1.41 bits per heavy atom. The molecule has 98 valence electrons. The lowest BCUT2D eigenvalue weighted by Crippen LogP contribution is -2.41. The van der Waals surface area contributed by atoms with E-state index in [0.29, 0.717) is 32.5 Å². The van der Waals surface area contributed by atoms with Crippen LogP contribution in [0.25, 0.3) is 0 Å². The summed E-state index contributed by atoms with van der Waals surface area (Å²) in [7, 11) is 1.82. The summed E-state index contributed by atoms with van der Waals surface area (Å²) in [5.41, 5.74) is 0. The number of carbonyl (C=O) groups is 2. The smallest absolute Gasteiger partial charge is 0.326 e. The highest BCUT2D eigenvalue weighted by atomic mass is 16.4. The molecule has 0 spiro atoms. The first-order chi connectivity index (χ1) is 8.06.